The molecule has 7 nitrogen and oxygen atoms in total. The lowest BCUT2D eigenvalue weighted by molar-refractivity contribution is 0.0987. The molecule has 146 valence electrons. The Balaban J connectivity index is 1.78. The summed E-state index contributed by atoms with van der Waals surface area (Å²) in [7, 11) is 1.62. The van der Waals surface area contributed by atoms with Gasteiger partial charge in [0, 0.05) is 17.7 Å². The predicted octanol–water partition coefficient (Wildman–Crippen LogP) is 4.41. The number of nitrogens with one attached hydrogen (secondary N) is 1. The number of benzene rings is 2. The predicted molar refractivity (Wildman–Crippen MR) is 109 cm³/mol. The van der Waals surface area contributed by atoms with Crippen molar-refractivity contribution < 1.29 is 14.1 Å². The highest BCUT2D eigenvalue weighted by molar-refractivity contribution is 6.02. The summed E-state index contributed by atoms with van der Waals surface area (Å²) in [5.74, 6) is 0.946. The van der Waals surface area contributed by atoms with Crippen LogP contribution in [0.4, 0.5) is 5.82 Å². The van der Waals surface area contributed by atoms with E-state index in [9.17, 15) is 4.79 Å². The quantitative estimate of drug-likeness (QED) is 0.548. The van der Waals surface area contributed by atoms with Gasteiger partial charge >= 0.3 is 0 Å². The van der Waals surface area contributed by atoms with Gasteiger partial charge < -0.3 is 14.6 Å². The number of carbonyl (C=O) groups is 1. The fourth-order valence-electron chi connectivity index (χ4n) is 2.99. The van der Waals surface area contributed by atoms with Crippen molar-refractivity contribution in [3.63, 3.8) is 0 Å². The van der Waals surface area contributed by atoms with E-state index in [1.165, 1.54) is 0 Å². The molecule has 29 heavy (non-hydrogen) atoms. The molecule has 0 radical (unpaired) electrons. The van der Waals surface area contributed by atoms with E-state index in [4.69, 9.17) is 14.4 Å². The Hall–Kier alpha value is -3.87. The molecule has 0 aliphatic heterocycles. The van der Waals surface area contributed by atoms with Crippen molar-refractivity contribution in [3.05, 3.63) is 77.7 Å². The second-order valence-corrected chi connectivity index (χ2v) is 6.65. The minimum Gasteiger partial charge on any atom is -0.496 e. The molecule has 0 atom stereocenters. The van der Waals surface area contributed by atoms with Crippen LogP contribution in [-0.2, 0) is 0 Å². The molecule has 0 fully saturated rings. The van der Waals surface area contributed by atoms with Gasteiger partial charge in [-0.25, -0.2) is 4.68 Å². The van der Waals surface area contributed by atoms with Gasteiger partial charge in [-0.05, 0) is 38.1 Å². The van der Waals surface area contributed by atoms with Crippen LogP contribution in [0.15, 0.2) is 65.2 Å². The lowest BCUT2D eigenvalue weighted by atomic mass is 10.1. The van der Waals surface area contributed by atoms with Crippen molar-refractivity contribution in [2.75, 3.05) is 12.4 Å². The first-order chi connectivity index (χ1) is 14.0. The topological polar surface area (TPSA) is 82.2 Å². The van der Waals surface area contributed by atoms with Crippen LogP contribution in [0.2, 0.25) is 0 Å². The molecule has 0 aliphatic carbocycles. The van der Waals surface area contributed by atoms with Crippen LogP contribution in [0.25, 0.3) is 16.9 Å². The van der Waals surface area contributed by atoms with E-state index in [1.807, 2.05) is 55.5 Å². The summed E-state index contributed by atoms with van der Waals surface area (Å²) in [6.07, 6.45) is 0. The molecule has 4 aromatic rings. The average Bonchev–Trinajstić information content (AvgIpc) is 3.35. The highest BCUT2D eigenvalue weighted by Gasteiger charge is 2.18. The molecule has 2 aromatic heterocycles. The zero-order valence-corrected chi connectivity index (χ0v) is 16.3. The van der Waals surface area contributed by atoms with E-state index >= 15 is 0 Å². The number of ether oxygens (including phenoxy) is 1. The van der Waals surface area contributed by atoms with E-state index in [-0.39, 0.29) is 5.76 Å². The van der Waals surface area contributed by atoms with Crippen LogP contribution < -0.4 is 10.1 Å². The number of carbonyl (C=O) groups excluding carboxylic acids is 1. The maximum Gasteiger partial charge on any atom is 0.295 e. The van der Waals surface area contributed by atoms with Crippen molar-refractivity contribution in [1.82, 2.24) is 14.9 Å². The number of para-hydroxylation sites is 1. The van der Waals surface area contributed by atoms with Crippen molar-refractivity contribution in [2.24, 2.45) is 0 Å². The lowest BCUT2D eigenvalue weighted by Gasteiger charge is -2.08. The van der Waals surface area contributed by atoms with E-state index < -0.39 is 5.91 Å². The molecular formula is C22H20N4O3. The number of aromatic nitrogens is 3. The molecule has 2 heterocycles. The number of hydrogen-bond donors (Lipinski definition) is 1. The minimum absolute atomic E-state index is 0.137. The van der Waals surface area contributed by atoms with E-state index in [0.29, 0.717) is 23.0 Å². The van der Waals surface area contributed by atoms with Gasteiger partial charge in [0.15, 0.2) is 0 Å². The lowest BCUT2D eigenvalue weighted by Crippen LogP contribution is -2.14. The molecule has 0 aliphatic rings. The normalized spacial score (nSPS) is 10.7. The molecule has 0 saturated carbocycles. The van der Waals surface area contributed by atoms with E-state index in [2.05, 4.69) is 10.5 Å². The van der Waals surface area contributed by atoms with Crippen LogP contribution >= 0.6 is 0 Å². The third kappa shape index (κ3) is 3.75. The van der Waals surface area contributed by atoms with Gasteiger partial charge in [0.1, 0.15) is 11.6 Å². The first kappa shape index (κ1) is 18.5. The maximum absolute atomic E-state index is 12.6. The maximum atomic E-state index is 12.6. The van der Waals surface area contributed by atoms with Crippen LogP contribution in [0.5, 0.6) is 5.75 Å². The number of hydrogen-bond acceptors (Lipinski definition) is 5. The van der Waals surface area contributed by atoms with Crippen LogP contribution in [0.1, 0.15) is 21.8 Å². The van der Waals surface area contributed by atoms with Gasteiger partial charge in [0.05, 0.1) is 24.2 Å². The van der Waals surface area contributed by atoms with E-state index in [1.54, 1.807) is 30.8 Å². The smallest absolute Gasteiger partial charge is 0.295 e. The zero-order chi connectivity index (χ0) is 20.4. The summed E-state index contributed by atoms with van der Waals surface area (Å²) in [6.45, 7) is 3.78. The SMILES string of the molecule is COc1ccccc1-c1cc(NC(=O)c2cc(C)no2)n(-c2ccc(C)cc2)n1. The summed E-state index contributed by atoms with van der Waals surface area (Å²) >= 11 is 0. The van der Waals surface area contributed by atoms with Gasteiger partial charge in [-0.2, -0.15) is 5.10 Å². The Morgan fingerprint density at radius 1 is 1.07 bits per heavy atom. The fourth-order valence-corrected chi connectivity index (χ4v) is 2.99. The van der Waals surface area contributed by atoms with Crippen molar-refractivity contribution >= 4 is 11.7 Å². The Bertz CT molecular complexity index is 1160. The van der Waals surface area contributed by atoms with Gasteiger partial charge in [-0.3, -0.25) is 4.79 Å². The van der Waals surface area contributed by atoms with Gasteiger partial charge in [0.2, 0.25) is 5.76 Å². The highest BCUT2D eigenvalue weighted by Crippen LogP contribution is 2.31. The summed E-state index contributed by atoms with van der Waals surface area (Å²) in [5, 5.41) is 11.4. The van der Waals surface area contributed by atoms with Crippen molar-refractivity contribution in [2.45, 2.75) is 13.8 Å². The van der Waals surface area contributed by atoms with Gasteiger partial charge in [-0.15, -0.1) is 0 Å². The molecule has 1 amide bonds. The first-order valence-electron chi connectivity index (χ1n) is 9.10. The number of methoxy groups -OCH3 is 1. The first-order valence-corrected chi connectivity index (χ1v) is 9.10. The molecule has 4 rings (SSSR count). The highest BCUT2D eigenvalue weighted by atomic mass is 16.5. The fraction of sp³-hybridized carbons (Fsp3) is 0.136. The molecule has 0 spiro atoms. The Labute approximate surface area is 167 Å². The van der Waals surface area contributed by atoms with Gasteiger partial charge in [-0.1, -0.05) is 35.0 Å². The second-order valence-electron chi connectivity index (χ2n) is 6.65. The third-order valence-electron chi connectivity index (χ3n) is 4.46. The summed E-state index contributed by atoms with van der Waals surface area (Å²) in [5.41, 5.74) is 4.09. The minimum atomic E-state index is -0.398. The number of rotatable bonds is 5. The summed E-state index contributed by atoms with van der Waals surface area (Å²) < 4.78 is 12.2. The monoisotopic (exact) mass is 388 g/mol. The Morgan fingerprint density at radius 3 is 2.52 bits per heavy atom. The number of anilines is 1. The number of amides is 1. The molecule has 2 aromatic carbocycles. The molecule has 0 saturated heterocycles. The molecular weight excluding hydrogens is 368 g/mol. The molecule has 0 unspecified atom stereocenters. The van der Waals surface area contributed by atoms with Crippen molar-refractivity contribution in [1.29, 1.82) is 0 Å². The molecule has 1 N–H and O–H groups in total. The Morgan fingerprint density at radius 2 is 1.83 bits per heavy atom. The van der Waals surface area contributed by atoms with Crippen LogP contribution in [0, 0.1) is 13.8 Å². The van der Waals surface area contributed by atoms with Crippen LogP contribution in [-0.4, -0.2) is 28.0 Å². The summed E-state index contributed by atoms with van der Waals surface area (Å²) in [6, 6.07) is 18.9. The molecule has 0 bridgehead atoms. The Kier molecular flexibility index (Phi) is 4.87. The molecule has 7 heteroatoms. The van der Waals surface area contributed by atoms with Crippen LogP contribution in [0.3, 0.4) is 0 Å². The van der Waals surface area contributed by atoms with E-state index in [0.717, 1.165) is 16.8 Å². The zero-order valence-electron chi connectivity index (χ0n) is 16.3. The number of aryl methyl sites for hydroxylation is 2. The van der Waals surface area contributed by atoms with Crippen molar-refractivity contribution in [3.8, 4) is 22.7 Å². The number of nitrogens with zero attached hydrogens (tertiary/aromatic N) is 3. The standard InChI is InChI=1S/C22H20N4O3/c1-14-8-10-16(11-9-14)26-21(23-22(27)20-12-15(2)25-29-20)13-18(24-26)17-6-4-5-7-19(17)28-3/h4-13H,1-3H3,(H,23,27). The second kappa shape index (κ2) is 7.63. The van der Waals surface area contributed by atoms with Gasteiger partial charge in [0.25, 0.3) is 5.91 Å². The largest absolute Gasteiger partial charge is 0.496 e. The average molecular weight is 388 g/mol. The summed E-state index contributed by atoms with van der Waals surface area (Å²) in [4.78, 5) is 12.6. The third-order valence-corrected chi connectivity index (χ3v) is 4.46.